The number of nitrogens with one attached hydrogen (secondary N) is 1. The van der Waals surface area contributed by atoms with E-state index in [1.54, 1.807) is 0 Å². The average Bonchev–Trinajstić information content (AvgIpc) is 2.78. The van der Waals surface area contributed by atoms with E-state index in [2.05, 4.69) is 61.8 Å². The van der Waals surface area contributed by atoms with Gasteiger partial charge in [0, 0.05) is 17.8 Å². The fourth-order valence-corrected chi connectivity index (χ4v) is 2.89. The summed E-state index contributed by atoms with van der Waals surface area (Å²) in [6.07, 6.45) is 2.99. The molecular formula is C17H25N3. The molecule has 0 spiro atoms. The van der Waals surface area contributed by atoms with Crippen LogP contribution in [0, 0.1) is 20.8 Å². The molecule has 0 saturated carbocycles. The van der Waals surface area contributed by atoms with Crippen LogP contribution in [0.25, 0.3) is 5.69 Å². The van der Waals surface area contributed by atoms with Gasteiger partial charge >= 0.3 is 0 Å². The van der Waals surface area contributed by atoms with Gasteiger partial charge in [0.25, 0.3) is 0 Å². The van der Waals surface area contributed by atoms with Crippen LogP contribution in [-0.4, -0.2) is 16.3 Å². The van der Waals surface area contributed by atoms with Crippen LogP contribution in [0.2, 0.25) is 0 Å². The molecule has 1 aromatic heterocycles. The molecule has 0 fully saturated rings. The molecule has 0 aliphatic rings. The van der Waals surface area contributed by atoms with Gasteiger partial charge in [-0.05, 0) is 44.9 Å². The van der Waals surface area contributed by atoms with Crippen LogP contribution in [-0.2, 0) is 13.0 Å². The van der Waals surface area contributed by atoms with Crippen LogP contribution < -0.4 is 5.32 Å². The van der Waals surface area contributed by atoms with E-state index < -0.39 is 0 Å². The highest BCUT2D eigenvalue weighted by Crippen LogP contribution is 2.23. The number of hydrogen-bond acceptors (Lipinski definition) is 2. The van der Waals surface area contributed by atoms with E-state index >= 15 is 0 Å². The predicted molar refractivity (Wildman–Crippen MR) is 84.5 cm³/mol. The molecule has 20 heavy (non-hydrogen) atoms. The van der Waals surface area contributed by atoms with Gasteiger partial charge in [-0.25, -0.2) is 4.68 Å². The number of benzene rings is 1. The van der Waals surface area contributed by atoms with Crippen molar-refractivity contribution >= 4 is 0 Å². The Morgan fingerprint density at radius 1 is 1.10 bits per heavy atom. The zero-order chi connectivity index (χ0) is 14.7. The van der Waals surface area contributed by atoms with E-state index in [9.17, 15) is 0 Å². The summed E-state index contributed by atoms with van der Waals surface area (Å²) < 4.78 is 2.12. The van der Waals surface area contributed by atoms with Gasteiger partial charge in [0.1, 0.15) is 0 Å². The minimum Gasteiger partial charge on any atom is -0.313 e. The van der Waals surface area contributed by atoms with E-state index in [-0.39, 0.29) is 0 Å². The van der Waals surface area contributed by atoms with Crippen LogP contribution in [0.1, 0.15) is 41.8 Å². The minimum absolute atomic E-state index is 0.892. The SMILES string of the molecule is CCNCc1cnn(-c2c(C)cc(C)cc2C)c1CC. The van der Waals surface area contributed by atoms with Crippen molar-refractivity contribution in [3.8, 4) is 5.69 Å². The number of nitrogens with zero attached hydrogens (tertiary/aromatic N) is 2. The minimum atomic E-state index is 0.892. The molecule has 1 heterocycles. The number of rotatable bonds is 5. The Morgan fingerprint density at radius 2 is 1.75 bits per heavy atom. The highest BCUT2D eigenvalue weighted by Gasteiger charge is 2.14. The van der Waals surface area contributed by atoms with Gasteiger partial charge in [-0.3, -0.25) is 0 Å². The summed E-state index contributed by atoms with van der Waals surface area (Å²) in [6, 6.07) is 4.46. The maximum absolute atomic E-state index is 4.64. The largest absolute Gasteiger partial charge is 0.313 e. The molecule has 3 nitrogen and oxygen atoms in total. The van der Waals surface area contributed by atoms with Crippen LogP contribution in [0.3, 0.4) is 0 Å². The Labute approximate surface area is 122 Å². The van der Waals surface area contributed by atoms with Crippen LogP contribution in [0.4, 0.5) is 0 Å². The molecule has 0 saturated heterocycles. The van der Waals surface area contributed by atoms with Crippen molar-refractivity contribution in [2.24, 2.45) is 0 Å². The Morgan fingerprint density at radius 3 is 2.30 bits per heavy atom. The third kappa shape index (κ3) is 2.78. The zero-order valence-corrected chi connectivity index (χ0v) is 13.2. The van der Waals surface area contributed by atoms with E-state index in [0.717, 1.165) is 19.5 Å². The number of aromatic nitrogens is 2. The van der Waals surface area contributed by atoms with E-state index in [1.807, 2.05) is 6.20 Å². The van der Waals surface area contributed by atoms with Gasteiger partial charge in [0.05, 0.1) is 11.9 Å². The first kappa shape index (κ1) is 14.8. The zero-order valence-electron chi connectivity index (χ0n) is 13.2. The van der Waals surface area contributed by atoms with E-state index in [1.165, 1.54) is 33.6 Å². The number of aryl methyl sites for hydroxylation is 3. The van der Waals surface area contributed by atoms with Crippen LogP contribution in [0.5, 0.6) is 0 Å². The highest BCUT2D eigenvalue weighted by molar-refractivity contribution is 5.50. The van der Waals surface area contributed by atoms with Crippen LogP contribution in [0.15, 0.2) is 18.3 Å². The lowest BCUT2D eigenvalue weighted by Gasteiger charge is -2.14. The summed E-state index contributed by atoms with van der Waals surface area (Å²) in [7, 11) is 0. The second kappa shape index (κ2) is 6.23. The lowest BCUT2D eigenvalue weighted by molar-refractivity contribution is 0.715. The molecule has 108 valence electrons. The van der Waals surface area contributed by atoms with E-state index in [0.29, 0.717) is 0 Å². The molecule has 1 N–H and O–H groups in total. The lowest BCUT2D eigenvalue weighted by Crippen LogP contribution is -2.13. The van der Waals surface area contributed by atoms with Gasteiger partial charge in [-0.2, -0.15) is 5.10 Å². The molecule has 0 radical (unpaired) electrons. The fourth-order valence-electron chi connectivity index (χ4n) is 2.89. The Balaban J connectivity index is 2.50. The quantitative estimate of drug-likeness (QED) is 0.902. The Bertz CT molecular complexity index is 573. The van der Waals surface area contributed by atoms with Gasteiger partial charge < -0.3 is 5.32 Å². The molecule has 2 aromatic rings. The summed E-state index contributed by atoms with van der Waals surface area (Å²) >= 11 is 0. The molecule has 0 bridgehead atoms. The Hall–Kier alpha value is -1.61. The maximum atomic E-state index is 4.64. The summed E-state index contributed by atoms with van der Waals surface area (Å²) in [4.78, 5) is 0. The van der Waals surface area contributed by atoms with Gasteiger partial charge in [-0.15, -0.1) is 0 Å². The van der Waals surface area contributed by atoms with Crippen molar-refractivity contribution in [3.05, 3.63) is 46.3 Å². The third-order valence-corrected chi connectivity index (χ3v) is 3.70. The van der Waals surface area contributed by atoms with Gasteiger partial charge in [0.2, 0.25) is 0 Å². The second-order valence-electron chi connectivity index (χ2n) is 5.41. The molecule has 0 atom stereocenters. The molecule has 2 rings (SSSR count). The first-order valence-electron chi connectivity index (χ1n) is 7.43. The number of hydrogen-bond donors (Lipinski definition) is 1. The van der Waals surface area contributed by atoms with Crippen molar-refractivity contribution in [2.75, 3.05) is 6.54 Å². The molecule has 0 unspecified atom stereocenters. The first-order chi connectivity index (χ1) is 9.58. The highest BCUT2D eigenvalue weighted by atomic mass is 15.3. The molecule has 1 aromatic carbocycles. The van der Waals surface area contributed by atoms with Gasteiger partial charge in [-0.1, -0.05) is 31.5 Å². The lowest BCUT2D eigenvalue weighted by atomic mass is 10.0. The fraction of sp³-hybridized carbons (Fsp3) is 0.471. The second-order valence-corrected chi connectivity index (χ2v) is 5.41. The smallest absolute Gasteiger partial charge is 0.0707 e. The summed E-state index contributed by atoms with van der Waals surface area (Å²) in [5, 5.41) is 8.03. The van der Waals surface area contributed by atoms with Crippen molar-refractivity contribution < 1.29 is 0 Å². The van der Waals surface area contributed by atoms with E-state index in [4.69, 9.17) is 0 Å². The summed E-state index contributed by atoms with van der Waals surface area (Å²) in [5.74, 6) is 0. The monoisotopic (exact) mass is 271 g/mol. The summed E-state index contributed by atoms with van der Waals surface area (Å²) in [5.41, 5.74) is 7.72. The topological polar surface area (TPSA) is 29.9 Å². The molecule has 0 amide bonds. The van der Waals surface area contributed by atoms with Gasteiger partial charge in [0.15, 0.2) is 0 Å². The van der Waals surface area contributed by atoms with Crippen molar-refractivity contribution in [1.82, 2.24) is 15.1 Å². The standard InChI is InChI=1S/C17H25N3/c1-6-16-15(10-18-7-2)11-19-20(16)17-13(4)8-12(3)9-14(17)5/h8-9,11,18H,6-7,10H2,1-5H3. The predicted octanol–water partition coefficient (Wildman–Crippen LogP) is 3.47. The summed E-state index contributed by atoms with van der Waals surface area (Å²) in [6.45, 7) is 12.7. The molecule has 3 heteroatoms. The molecule has 0 aliphatic heterocycles. The van der Waals surface area contributed by atoms with Crippen molar-refractivity contribution in [2.45, 2.75) is 47.6 Å². The maximum Gasteiger partial charge on any atom is 0.0707 e. The van der Waals surface area contributed by atoms with Crippen molar-refractivity contribution in [1.29, 1.82) is 0 Å². The normalized spacial score (nSPS) is 11.1. The van der Waals surface area contributed by atoms with Crippen LogP contribution >= 0.6 is 0 Å². The average molecular weight is 271 g/mol. The molecule has 0 aliphatic carbocycles. The molecular weight excluding hydrogens is 246 g/mol. The van der Waals surface area contributed by atoms with Crippen molar-refractivity contribution in [3.63, 3.8) is 0 Å². The third-order valence-electron chi connectivity index (χ3n) is 3.70. The first-order valence-corrected chi connectivity index (χ1v) is 7.43. The Kier molecular flexibility index (Phi) is 4.61.